The zero-order chi connectivity index (χ0) is 27.2. The van der Waals surface area contributed by atoms with E-state index in [1.54, 1.807) is 6.07 Å². The lowest BCUT2D eigenvalue weighted by Gasteiger charge is -2.41. The van der Waals surface area contributed by atoms with E-state index in [2.05, 4.69) is 10.2 Å². The average molecular weight is 527 g/mol. The molecule has 0 atom stereocenters. The molecule has 4 rings (SSSR count). The molecule has 0 unspecified atom stereocenters. The number of halogens is 6. The second-order valence-electron chi connectivity index (χ2n) is 10.4. The van der Waals surface area contributed by atoms with Gasteiger partial charge in [-0.3, -0.25) is 14.5 Å². The quantitative estimate of drug-likeness (QED) is 0.381. The Balaban J connectivity index is 1.46. The van der Waals surface area contributed by atoms with Crippen LogP contribution >= 0.6 is 0 Å². The van der Waals surface area contributed by atoms with Crippen molar-refractivity contribution in [3.63, 3.8) is 0 Å². The van der Waals surface area contributed by atoms with Gasteiger partial charge in [-0.1, -0.05) is 32.0 Å². The lowest BCUT2D eigenvalue weighted by Crippen LogP contribution is -2.49. The maximum atomic E-state index is 13.3. The fourth-order valence-corrected chi connectivity index (χ4v) is 5.31. The first-order valence-electron chi connectivity index (χ1n) is 12.2. The molecule has 4 nitrogen and oxygen atoms in total. The molecule has 3 aromatic carbocycles. The third-order valence-corrected chi connectivity index (χ3v) is 7.15. The molecule has 0 radical (unpaired) electrons. The van der Waals surface area contributed by atoms with Crippen LogP contribution in [-0.2, 0) is 30.2 Å². The molecule has 1 aliphatic rings. The smallest absolute Gasteiger partial charge is 0.352 e. The largest absolute Gasteiger partial charge is 0.416 e. The van der Waals surface area contributed by atoms with Crippen LogP contribution in [-0.4, -0.2) is 23.9 Å². The highest BCUT2D eigenvalue weighted by Gasteiger charge is 2.42. The molecule has 10 heteroatoms. The van der Waals surface area contributed by atoms with Crippen LogP contribution in [0.25, 0.3) is 10.8 Å². The molecule has 1 heterocycles. The Labute approximate surface area is 210 Å². The zero-order valence-electron chi connectivity index (χ0n) is 20.5. The van der Waals surface area contributed by atoms with Gasteiger partial charge >= 0.3 is 12.4 Å². The average Bonchev–Trinajstić information content (AvgIpc) is 3.48. The number of nitrogens with one attached hydrogen (secondary N) is 1. The summed E-state index contributed by atoms with van der Waals surface area (Å²) in [7, 11) is 0. The van der Waals surface area contributed by atoms with Gasteiger partial charge in [-0.15, -0.1) is 0 Å². The number of hydrogen-bond acceptors (Lipinski definition) is 3. The number of hydrogen-bond donors (Lipinski definition) is 1. The molecule has 1 saturated heterocycles. The number of nitrogens with zero attached hydrogens (tertiary/aromatic N) is 1. The van der Waals surface area contributed by atoms with Crippen LogP contribution < -0.4 is 10.7 Å². The molecule has 0 bridgehead atoms. The molecule has 1 fully saturated rings. The van der Waals surface area contributed by atoms with Gasteiger partial charge in [-0.05, 0) is 67.6 Å². The van der Waals surface area contributed by atoms with Crippen LogP contribution in [0.15, 0.2) is 41.2 Å². The summed E-state index contributed by atoms with van der Waals surface area (Å²) < 4.78 is 79.2. The molecule has 0 spiro atoms. The molecule has 37 heavy (non-hydrogen) atoms. The van der Waals surface area contributed by atoms with Gasteiger partial charge in [0, 0.05) is 23.9 Å². The van der Waals surface area contributed by atoms with Gasteiger partial charge in [0.15, 0.2) is 5.43 Å². The molecule has 1 amide bonds. The van der Waals surface area contributed by atoms with Gasteiger partial charge in [-0.25, -0.2) is 0 Å². The number of carbonyl (C=O) groups is 1. The standard InChI is InChI=1S/C27H28F6N2O2/c1-16(2)13-25(6-8-35(9-7-25)15-18-4-3-5-21-22(18)23(21)36)24(37)34-14-17-10-19(26(28,29)30)12-20(11-17)27(31,32)33/h3-5,10-12,16H,6-9,13-15H2,1-2H3,(H,34,37). The van der Waals surface area contributed by atoms with Crippen molar-refractivity contribution < 1.29 is 31.1 Å². The molecule has 200 valence electrons. The van der Waals surface area contributed by atoms with E-state index in [0.717, 1.165) is 16.3 Å². The minimum absolute atomic E-state index is 0.0637. The van der Waals surface area contributed by atoms with Crippen molar-refractivity contribution >= 4 is 16.7 Å². The van der Waals surface area contributed by atoms with Crippen molar-refractivity contribution in [1.29, 1.82) is 0 Å². The predicted molar refractivity (Wildman–Crippen MR) is 127 cm³/mol. The Kier molecular flexibility index (Phi) is 7.18. The van der Waals surface area contributed by atoms with E-state index in [-0.39, 0.29) is 28.9 Å². The van der Waals surface area contributed by atoms with E-state index in [0.29, 0.717) is 51.0 Å². The van der Waals surface area contributed by atoms with Crippen molar-refractivity contribution in [2.75, 3.05) is 13.1 Å². The fraction of sp³-hybridized carbons (Fsp3) is 0.481. The number of carbonyl (C=O) groups excluding carboxylic acids is 1. The van der Waals surface area contributed by atoms with Crippen LogP contribution in [0, 0.1) is 11.3 Å². The van der Waals surface area contributed by atoms with Crippen molar-refractivity contribution in [3.05, 3.63) is 68.9 Å². The van der Waals surface area contributed by atoms with Gasteiger partial charge in [0.05, 0.1) is 16.5 Å². The van der Waals surface area contributed by atoms with Crippen molar-refractivity contribution in [3.8, 4) is 0 Å². The maximum absolute atomic E-state index is 13.3. The summed E-state index contributed by atoms with van der Waals surface area (Å²) in [6.45, 7) is 5.25. The van der Waals surface area contributed by atoms with Crippen LogP contribution in [0.5, 0.6) is 0 Å². The van der Waals surface area contributed by atoms with Gasteiger partial charge in [-0.2, -0.15) is 26.3 Å². The summed E-state index contributed by atoms with van der Waals surface area (Å²) in [5, 5.41) is 4.13. The highest BCUT2D eigenvalue weighted by atomic mass is 19.4. The van der Waals surface area contributed by atoms with Crippen molar-refractivity contribution in [1.82, 2.24) is 10.2 Å². The number of alkyl halides is 6. The van der Waals surface area contributed by atoms with Gasteiger partial charge in [0.2, 0.25) is 5.91 Å². The third-order valence-electron chi connectivity index (χ3n) is 7.15. The van der Waals surface area contributed by atoms with E-state index in [4.69, 9.17) is 0 Å². The number of benzene rings is 2. The van der Waals surface area contributed by atoms with Gasteiger partial charge in [0.25, 0.3) is 0 Å². The van der Waals surface area contributed by atoms with Crippen LogP contribution in [0.2, 0.25) is 0 Å². The normalized spacial score (nSPS) is 17.1. The Bertz CT molecular complexity index is 1260. The summed E-state index contributed by atoms with van der Waals surface area (Å²) in [4.78, 5) is 27.4. The number of fused-ring (bicyclic) bond motifs is 1. The first kappa shape index (κ1) is 27.2. The first-order chi connectivity index (χ1) is 17.2. The lowest BCUT2D eigenvalue weighted by atomic mass is 9.71. The second-order valence-corrected chi connectivity index (χ2v) is 10.4. The van der Waals surface area contributed by atoms with Crippen molar-refractivity contribution in [2.24, 2.45) is 11.3 Å². The molecular weight excluding hydrogens is 498 g/mol. The summed E-state index contributed by atoms with van der Waals surface area (Å²) in [5.41, 5.74) is -2.84. The lowest BCUT2D eigenvalue weighted by molar-refractivity contribution is -0.143. The van der Waals surface area contributed by atoms with Gasteiger partial charge < -0.3 is 5.32 Å². The predicted octanol–water partition coefficient (Wildman–Crippen LogP) is 6.06. The van der Waals surface area contributed by atoms with E-state index < -0.39 is 35.4 Å². The van der Waals surface area contributed by atoms with E-state index in [1.807, 2.05) is 26.0 Å². The Morgan fingerprint density at radius 1 is 1.00 bits per heavy atom. The highest BCUT2D eigenvalue weighted by molar-refractivity contribution is 5.99. The minimum atomic E-state index is -4.95. The molecule has 1 aliphatic heterocycles. The number of amides is 1. The van der Waals surface area contributed by atoms with Crippen LogP contribution in [0.4, 0.5) is 26.3 Å². The molecular formula is C27H28F6N2O2. The highest BCUT2D eigenvalue weighted by Crippen LogP contribution is 2.40. The van der Waals surface area contributed by atoms with Crippen LogP contribution in [0.3, 0.4) is 0 Å². The summed E-state index contributed by atoms with van der Waals surface area (Å²) in [5.74, 6) is -0.209. The minimum Gasteiger partial charge on any atom is -0.352 e. The van der Waals surface area contributed by atoms with E-state index in [9.17, 15) is 35.9 Å². The molecule has 0 saturated carbocycles. The molecule has 0 aromatic heterocycles. The fourth-order valence-electron chi connectivity index (χ4n) is 5.31. The second kappa shape index (κ2) is 9.78. The Hall–Kier alpha value is -2.88. The summed E-state index contributed by atoms with van der Waals surface area (Å²) in [6.07, 6.45) is -8.36. The monoisotopic (exact) mass is 526 g/mol. The topological polar surface area (TPSA) is 49.4 Å². The van der Waals surface area contributed by atoms with E-state index in [1.165, 1.54) is 0 Å². The molecule has 0 aliphatic carbocycles. The Morgan fingerprint density at radius 2 is 1.59 bits per heavy atom. The Morgan fingerprint density at radius 3 is 2.14 bits per heavy atom. The van der Waals surface area contributed by atoms with Crippen molar-refractivity contribution in [2.45, 2.75) is 58.6 Å². The van der Waals surface area contributed by atoms with Gasteiger partial charge in [0.1, 0.15) is 0 Å². The molecule has 1 N–H and O–H groups in total. The zero-order valence-corrected chi connectivity index (χ0v) is 20.5. The summed E-state index contributed by atoms with van der Waals surface area (Å²) >= 11 is 0. The number of likely N-dealkylation sites (tertiary alicyclic amines) is 1. The number of piperidine rings is 1. The van der Waals surface area contributed by atoms with Crippen LogP contribution in [0.1, 0.15) is 55.4 Å². The summed E-state index contributed by atoms with van der Waals surface area (Å²) in [6, 6.07) is 6.90. The number of rotatable bonds is 7. The first-order valence-corrected chi connectivity index (χ1v) is 12.2. The maximum Gasteiger partial charge on any atom is 0.416 e. The van der Waals surface area contributed by atoms with E-state index >= 15 is 0 Å². The molecule has 3 aromatic rings. The SMILES string of the molecule is CC(C)CC1(C(=O)NCc2cc(C(F)(F)F)cc(C(F)(F)F)c2)CCN(Cc2cccc3c(=O)c23)CC1. The third kappa shape index (κ3) is 6.00.